The van der Waals surface area contributed by atoms with Gasteiger partial charge in [-0.3, -0.25) is 19.8 Å². The van der Waals surface area contributed by atoms with Gasteiger partial charge in [0.1, 0.15) is 0 Å². The number of hydrogen-bond donors (Lipinski definition) is 3. The summed E-state index contributed by atoms with van der Waals surface area (Å²) in [6, 6.07) is 0. The van der Waals surface area contributed by atoms with Gasteiger partial charge in [0.25, 0.3) is 5.91 Å². The molecule has 0 heterocycles. The van der Waals surface area contributed by atoms with Crippen LogP contribution in [0.1, 0.15) is 6.92 Å². The molecule has 0 aromatic heterocycles. The van der Waals surface area contributed by atoms with Crippen LogP contribution < -0.4 is 16.0 Å². The zero-order valence-electron chi connectivity index (χ0n) is 8.45. The Morgan fingerprint density at radius 1 is 1.33 bits per heavy atom. The molecule has 0 rings (SSSR count). The van der Waals surface area contributed by atoms with Crippen molar-refractivity contribution in [3.63, 3.8) is 0 Å². The number of rotatable bonds is 10. The normalized spacial score (nSPS) is 9.67. The SMILES string of the molecule is CCNCNCNC(=O)COOOC=O. The van der Waals surface area contributed by atoms with Gasteiger partial charge in [-0.2, -0.15) is 4.89 Å². The van der Waals surface area contributed by atoms with Gasteiger partial charge in [0.15, 0.2) is 6.61 Å². The maximum absolute atomic E-state index is 10.9. The van der Waals surface area contributed by atoms with Crippen molar-refractivity contribution < 1.29 is 24.4 Å². The van der Waals surface area contributed by atoms with Crippen LogP contribution >= 0.6 is 0 Å². The lowest BCUT2D eigenvalue weighted by Crippen LogP contribution is -2.39. The highest BCUT2D eigenvalue weighted by Crippen LogP contribution is 1.77. The Morgan fingerprint density at radius 3 is 2.80 bits per heavy atom. The predicted molar refractivity (Wildman–Crippen MR) is 48.9 cm³/mol. The van der Waals surface area contributed by atoms with Gasteiger partial charge in [-0.1, -0.05) is 6.92 Å². The smallest absolute Gasteiger partial charge is 0.334 e. The van der Waals surface area contributed by atoms with Crippen molar-refractivity contribution >= 4 is 12.4 Å². The Hall–Kier alpha value is -1.22. The molecule has 0 unspecified atom stereocenters. The minimum atomic E-state index is -0.395. The van der Waals surface area contributed by atoms with Gasteiger partial charge in [0.05, 0.1) is 6.67 Å². The van der Waals surface area contributed by atoms with E-state index in [9.17, 15) is 9.59 Å². The third-order valence-corrected chi connectivity index (χ3v) is 1.23. The number of carbonyl (C=O) groups is 2. The van der Waals surface area contributed by atoms with Gasteiger partial charge in [0.2, 0.25) is 0 Å². The average molecular weight is 221 g/mol. The third kappa shape index (κ3) is 10.7. The second-order valence-corrected chi connectivity index (χ2v) is 2.33. The molecule has 0 saturated carbocycles. The quantitative estimate of drug-likeness (QED) is 0.132. The number of carbonyl (C=O) groups excluding carboxylic acids is 2. The van der Waals surface area contributed by atoms with Crippen molar-refractivity contribution in [1.82, 2.24) is 16.0 Å². The van der Waals surface area contributed by atoms with Crippen LogP contribution in [0, 0.1) is 0 Å². The highest BCUT2D eigenvalue weighted by Gasteiger charge is 2.00. The van der Waals surface area contributed by atoms with Crippen LogP contribution in [-0.4, -0.2) is 38.9 Å². The largest absolute Gasteiger partial charge is 0.341 e. The highest BCUT2D eigenvalue weighted by atomic mass is 17.5. The molecule has 0 aliphatic heterocycles. The van der Waals surface area contributed by atoms with Crippen LogP contribution in [0.15, 0.2) is 0 Å². The van der Waals surface area contributed by atoms with E-state index in [4.69, 9.17) is 0 Å². The molecule has 0 aromatic carbocycles. The maximum atomic E-state index is 10.9. The number of hydrogen-bond acceptors (Lipinski definition) is 7. The van der Waals surface area contributed by atoms with E-state index in [1.165, 1.54) is 0 Å². The molecule has 0 bridgehead atoms. The number of nitrogens with one attached hydrogen (secondary N) is 3. The molecule has 0 atom stereocenters. The van der Waals surface area contributed by atoms with E-state index in [1.807, 2.05) is 6.92 Å². The summed E-state index contributed by atoms with van der Waals surface area (Å²) in [6.07, 6.45) is 0. The molecule has 0 aromatic rings. The predicted octanol–water partition coefficient (Wildman–Crippen LogP) is -1.75. The van der Waals surface area contributed by atoms with Crippen LogP contribution in [-0.2, 0) is 24.4 Å². The minimum Gasteiger partial charge on any atom is -0.341 e. The molecule has 0 aliphatic carbocycles. The average Bonchev–Trinajstić information content (AvgIpc) is 2.24. The van der Waals surface area contributed by atoms with Crippen LogP contribution in [0.5, 0.6) is 0 Å². The lowest BCUT2D eigenvalue weighted by atomic mass is 10.6. The summed E-state index contributed by atoms with van der Waals surface area (Å²) < 4.78 is 0. The first-order chi connectivity index (χ1) is 7.31. The van der Waals surface area contributed by atoms with Crippen LogP contribution in [0.2, 0.25) is 0 Å². The topological polar surface area (TPSA) is 97.9 Å². The van der Waals surface area contributed by atoms with Crippen LogP contribution in [0.3, 0.4) is 0 Å². The van der Waals surface area contributed by atoms with Crippen molar-refractivity contribution in [3.8, 4) is 0 Å². The first kappa shape index (κ1) is 13.8. The molecule has 0 aliphatic rings. The molecular formula is C7H15N3O5. The number of amides is 1. The van der Waals surface area contributed by atoms with Crippen molar-refractivity contribution in [2.75, 3.05) is 26.5 Å². The molecule has 0 saturated heterocycles. The first-order valence-corrected chi connectivity index (χ1v) is 4.38. The first-order valence-electron chi connectivity index (χ1n) is 4.38. The van der Waals surface area contributed by atoms with Crippen molar-refractivity contribution in [2.24, 2.45) is 0 Å². The van der Waals surface area contributed by atoms with Crippen molar-refractivity contribution in [1.29, 1.82) is 0 Å². The van der Waals surface area contributed by atoms with Crippen molar-refractivity contribution in [2.45, 2.75) is 6.92 Å². The van der Waals surface area contributed by atoms with E-state index in [0.717, 1.165) is 6.54 Å². The Kier molecular flexibility index (Phi) is 9.98. The van der Waals surface area contributed by atoms with Gasteiger partial charge in [0, 0.05) is 6.67 Å². The summed E-state index contributed by atoms with van der Waals surface area (Å²) in [7, 11) is 0. The Morgan fingerprint density at radius 2 is 2.13 bits per heavy atom. The molecule has 88 valence electrons. The highest BCUT2D eigenvalue weighted by molar-refractivity contribution is 5.76. The summed E-state index contributed by atoms with van der Waals surface area (Å²) in [6.45, 7) is 3.41. The summed E-state index contributed by atoms with van der Waals surface area (Å²) in [5.74, 6) is -0.395. The monoisotopic (exact) mass is 221 g/mol. The van der Waals surface area contributed by atoms with Gasteiger partial charge in [-0.05, 0) is 11.6 Å². The standard InChI is InChI=1S/C7H15N3O5/c1-2-8-4-9-5-10-7(12)3-13-15-14-6-11/h6,8-9H,2-5H2,1H3,(H,10,12). The Labute approximate surface area is 87.1 Å². The molecule has 0 spiro atoms. The fourth-order valence-corrected chi connectivity index (χ4v) is 0.609. The Balaban J connectivity index is 3.15. The molecule has 15 heavy (non-hydrogen) atoms. The lowest BCUT2D eigenvalue weighted by Gasteiger charge is -2.06. The summed E-state index contributed by atoms with van der Waals surface area (Å²) in [4.78, 5) is 28.4. The minimum absolute atomic E-state index is 0.0376. The Bertz CT molecular complexity index is 178. The fraction of sp³-hybridized carbons (Fsp3) is 0.714. The lowest BCUT2D eigenvalue weighted by molar-refractivity contribution is -0.477. The summed E-state index contributed by atoms with van der Waals surface area (Å²) in [5, 5.41) is 12.2. The molecule has 3 N–H and O–H groups in total. The van der Waals surface area contributed by atoms with Crippen LogP contribution in [0.4, 0.5) is 0 Å². The zero-order valence-corrected chi connectivity index (χ0v) is 8.45. The molecule has 1 amide bonds. The third-order valence-electron chi connectivity index (χ3n) is 1.23. The van der Waals surface area contributed by atoms with E-state index in [0.29, 0.717) is 13.3 Å². The molecule has 0 fully saturated rings. The molecule has 8 heteroatoms. The van der Waals surface area contributed by atoms with E-state index in [1.54, 1.807) is 0 Å². The second-order valence-electron chi connectivity index (χ2n) is 2.33. The fourth-order valence-electron chi connectivity index (χ4n) is 0.609. The van der Waals surface area contributed by atoms with E-state index in [-0.39, 0.29) is 13.1 Å². The van der Waals surface area contributed by atoms with Gasteiger partial charge < -0.3 is 10.6 Å². The van der Waals surface area contributed by atoms with Crippen LogP contribution in [0.25, 0.3) is 0 Å². The van der Waals surface area contributed by atoms with Gasteiger partial charge in [-0.15, -0.1) is 0 Å². The summed E-state index contributed by atoms with van der Waals surface area (Å²) in [5.41, 5.74) is 0. The molecular weight excluding hydrogens is 206 g/mol. The van der Waals surface area contributed by atoms with E-state index in [2.05, 4.69) is 30.8 Å². The maximum Gasteiger partial charge on any atom is 0.334 e. The summed E-state index contributed by atoms with van der Waals surface area (Å²) >= 11 is 0. The van der Waals surface area contributed by atoms with Crippen molar-refractivity contribution in [3.05, 3.63) is 0 Å². The van der Waals surface area contributed by atoms with Gasteiger partial charge >= 0.3 is 6.47 Å². The molecule has 0 radical (unpaired) electrons. The zero-order chi connectivity index (χ0) is 11.4. The van der Waals surface area contributed by atoms with E-state index >= 15 is 0 Å². The molecule has 8 nitrogen and oxygen atoms in total. The van der Waals surface area contributed by atoms with Gasteiger partial charge in [-0.25, -0.2) is 0 Å². The second kappa shape index (κ2) is 10.9. The van der Waals surface area contributed by atoms with E-state index < -0.39 is 5.91 Å².